The molecule has 1 aromatic carbocycles. The zero-order chi connectivity index (χ0) is 13.7. The highest BCUT2D eigenvalue weighted by molar-refractivity contribution is 5.20. The van der Waals surface area contributed by atoms with Crippen LogP contribution in [-0.2, 0) is 0 Å². The number of nitrogens with zero attached hydrogens (tertiary/aromatic N) is 1. The van der Waals surface area contributed by atoms with E-state index >= 15 is 0 Å². The first kappa shape index (κ1) is 14.5. The molecule has 0 amide bonds. The molecular formula is C17H28N2. The van der Waals surface area contributed by atoms with E-state index in [4.69, 9.17) is 5.73 Å². The molecule has 2 rings (SSSR count). The van der Waals surface area contributed by atoms with Crippen LogP contribution < -0.4 is 5.73 Å². The Kier molecular flexibility index (Phi) is 5.41. The van der Waals surface area contributed by atoms with Crippen molar-refractivity contribution in [2.45, 2.75) is 51.6 Å². The molecule has 1 saturated heterocycles. The minimum Gasteiger partial charge on any atom is -0.323 e. The minimum absolute atomic E-state index is 0.141. The van der Waals surface area contributed by atoms with Crippen LogP contribution in [0.3, 0.4) is 0 Å². The maximum absolute atomic E-state index is 6.53. The SMILES string of the molecule is CCC1CCCN(C(CC)C(N)c2ccccc2)C1. The van der Waals surface area contributed by atoms with Crippen LogP contribution in [0.2, 0.25) is 0 Å². The summed E-state index contributed by atoms with van der Waals surface area (Å²) in [5.74, 6) is 0.866. The molecule has 0 aliphatic carbocycles. The van der Waals surface area contributed by atoms with E-state index in [1.54, 1.807) is 0 Å². The van der Waals surface area contributed by atoms with Crippen molar-refractivity contribution in [2.75, 3.05) is 13.1 Å². The Morgan fingerprint density at radius 2 is 2.00 bits per heavy atom. The van der Waals surface area contributed by atoms with E-state index in [0.717, 1.165) is 12.3 Å². The van der Waals surface area contributed by atoms with Crippen LogP contribution >= 0.6 is 0 Å². The Hall–Kier alpha value is -0.860. The summed E-state index contributed by atoms with van der Waals surface area (Å²) in [6, 6.07) is 11.2. The Labute approximate surface area is 118 Å². The Bertz CT molecular complexity index is 363. The first-order valence-corrected chi connectivity index (χ1v) is 7.80. The molecule has 2 heteroatoms. The molecule has 3 unspecified atom stereocenters. The molecule has 1 aliphatic heterocycles. The Morgan fingerprint density at radius 1 is 1.26 bits per heavy atom. The zero-order valence-corrected chi connectivity index (χ0v) is 12.4. The van der Waals surface area contributed by atoms with Gasteiger partial charge in [-0.3, -0.25) is 4.90 Å². The molecule has 2 N–H and O–H groups in total. The lowest BCUT2D eigenvalue weighted by Gasteiger charge is -2.40. The van der Waals surface area contributed by atoms with Gasteiger partial charge in [0.25, 0.3) is 0 Å². The van der Waals surface area contributed by atoms with E-state index in [0.29, 0.717) is 6.04 Å². The number of nitrogens with two attached hydrogens (primary N) is 1. The van der Waals surface area contributed by atoms with Crippen LogP contribution in [-0.4, -0.2) is 24.0 Å². The summed E-state index contributed by atoms with van der Waals surface area (Å²) in [4.78, 5) is 2.63. The third-order valence-electron chi connectivity index (χ3n) is 4.61. The van der Waals surface area contributed by atoms with Crippen molar-refractivity contribution >= 4 is 0 Å². The van der Waals surface area contributed by atoms with Gasteiger partial charge in [0, 0.05) is 18.6 Å². The van der Waals surface area contributed by atoms with Gasteiger partial charge in [0.05, 0.1) is 0 Å². The molecule has 3 atom stereocenters. The van der Waals surface area contributed by atoms with E-state index in [9.17, 15) is 0 Å². The smallest absolute Gasteiger partial charge is 0.0453 e. The topological polar surface area (TPSA) is 29.3 Å². The predicted molar refractivity (Wildman–Crippen MR) is 82.0 cm³/mol. The highest BCUT2D eigenvalue weighted by atomic mass is 15.2. The van der Waals surface area contributed by atoms with E-state index in [2.05, 4.69) is 49.1 Å². The van der Waals surface area contributed by atoms with Gasteiger partial charge in [0.2, 0.25) is 0 Å². The fourth-order valence-corrected chi connectivity index (χ4v) is 3.37. The van der Waals surface area contributed by atoms with E-state index < -0.39 is 0 Å². The molecule has 19 heavy (non-hydrogen) atoms. The summed E-state index contributed by atoms with van der Waals surface area (Å²) in [6.07, 6.45) is 5.15. The van der Waals surface area contributed by atoms with Crippen molar-refractivity contribution in [2.24, 2.45) is 11.7 Å². The van der Waals surface area contributed by atoms with Gasteiger partial charge in [0.1, 0.15) is 0 Å². The van der Waals surface area contributed by atoms with Gasteiger partial charge >= 0.3 is 0 Å². The van der Waals surface area contributed by atoms with Crippen molar-refractivity contribution in [1.29, 1.82) is 0 Å². The highest BCUT2D eigenvalue weighted by Crippen LogP contribution is 2.27. The summed E-state index contributed by atoms with van der Waals surface area (Å²) >= 11 is 0. The number of likely N-dealkylation sites (tertiary alicyclic amines) is 1. The van der Waals surface area contributed by atoms with E-state index in [-0.39, 0.29) is 6.04 Å². The molecule has 0 bridgehead atoms. The van der Waals surface area contributed by atoms with Crippen LogP contribution in [0.1, 0.15) is 51.1 Å². The third kappa shape index (κ3) is 3.58. The molecule has 2 nitrogen and oxygen atoms in total. The van der Waals surface area contributed by atoms with Crippen LogP contribution in [0.5, 0.6) is 0 Å². The fraction of sp³-hybridized carbons (Fsp3) is 0.647. The molecular weight excluding hydrogens is 232 g/mol. The van der Waals surface area contributed by atoms with Crippen LogP contribution in [0.4, 0.5) is 0 Å². The molecule has 1 fully saturated rings. The normalized spacial score (nSPS) is 24.1. The van der Waals surface area contributed by atoms with Crippen molar-refractivity contribution in [3.05, 3.63) is 35.9 Å². The van der Waals surface area contributed by atoms with E-state index in [1.165, 1.54) is 37.9 Å². The highest BCUT2D eigenvalue weighted by Gasteiger charge is 2.28. The molecule has 1 aliphatic rings. The molecule has 106 valence electrons. The first-order chi connectivity index (χ1) is 9.26. The lowest BCUT2D eigenvalue weighted by atomic mass is 9.90. The van der Waals surface area contributed by atoms with E-state index in [1.807, 2.05) is 0 Å². The van der Waals surface area contributed by atoms with Crippen LogP contribution in [0.25, 0.3) is 0 Å². The summed E-state index contributed by atoms with van der Waals surface area (Å²) in [7, 11) is 0. The minimum atomic E-state index is 0.141. The van der Waals surface area contributed by atoms with Crippen molar-refractivity contribution in [3.63, 3.8) is 0 Å². The third-order valence-corrected chi connectivity index (χ3v) is 4.61. The molecule has 0 aromatic heterocycles. The summed E-state index contributed by atoms with van der Waals surface area (Å²) in [6.45, 7) is 7.03. The number of hydrogen-bond donors (Lipinski definition) is 1. The Balaban J connectivity index is 2.06. The Morgan fingerprint density at radius 3 is 2.63 bits per heavy atom. The fourth-order valence-electron chi connectivity index (χ4n) is 3.37. The van der Waals surface area contributed by atoms with Gasteiger partial charge in [-0.05, 0) is 37.3 Å². The molecule has 0 radical (unpaired) electrons. The van der Waals surface area contributed by atoms with Gasteiger partial charge in [0.15, 0.2) is 0 Å². The first-order valence-electron chi connectivity index (χ1n) is 7.80. The van der Waals surface area contributed by atoms with Gasteiger partial charge in [-0.1, -0.05) is 50.6 Å². The second-order valence-corrected chi connectivity index (χ2v) is 5.82. The monoisotopic (exact) mass is 260 g/mol. The van der Waals surface area contributed by atoms with Crippen molar-refractivity contribution in [1.82, 2.24) is 4.90 Å². The second-order valence-electron chi connectivity index (χ2n) is 5.82. The largest absolute Gasteiger partial charge is 0.323 e. The van der Waals surface area contributed by atoms with Gasteiger partial charge in [-0.25, -0.2) is 0 Å². The van der Waals surface area contributed by atoms with Crippen LogP contribution in [0, 0.1) is 5.92 Å². The van der Waals surface area contributed by atoms with Crippen molar-refractivity contribution in [3.8, 4) is 0 Å². The molecule has 0 saturated carbocycles. The second kappa shape index (κ2) is 7.06. The van der Waals surface area contributed by atoms with Crippen LogP contribution in [0.15, 0.2) is 30.3 Å². The number of hydrogen-bond acceptors (Lipinski definition) is 2. The average molecular weight is 260 g/mol. The molecule has 1 heterocycles. The molecule has 1 aromatic rings. The summed E-state index contributed by atoms with van der Waals surface area (Å²) in [5.41, 5.74) is 7.80. The number of benzene rings is 1. The summed E-state index contributed by atoms with van der Waals surface area (Å²) < 4.78 is 0. The summed E-state index contributed by atoms with van der Waals surface area (Å²) in [5, 5.41) is 0. The van der Waals surface area contributed by atoms with Crippen molar-refractivity contribution < 1.29 is 0 Å². The maximum Gasteiger partial charge on any atom is 0.0453 e. The van der Waals surface area contributed by atoms with Gasteiger partial charge < -0.3 is 5.73 Å². The van der Waals surface area contributed by atoms with Gasteiger partial charge in [-0.15, -0.1) is 0 Å². The number of piperidine rings is 1. The predicted octanol–water partition coefficient (Wildman–Crippen LogP) is 3.59. The zero-order valence-electron chi connectivity index (χ0n) is 12.4. The number of rotatable bonds is 5. The molecule has 0 spiro atoms. The standard InChI is InChI=1S/C17H28N2/c1-3-14-9-8-12-19(13-14)16(4-2)17(18)15-10-6-5-7-11-15/h5-7,10-11,14,16-17H,3-4,8-9,12-13,18H2,1-2H3. The lowest BCUT2D eigenvalue weighted by Crippen LogP contribution is -2.47. The van der Waals surface area contributed by atoms with Gasteiger partial charge in [-0.2, -0.15) is 0 Å². The lowest BCUT2D eigenvalue weighted by molar-refractivity contribution is 0.102. The average Bonchev–Trinajstić information content (AvgIpc) is 2.49. The maximum atomic E-state index is 6.53. The quantitative estimate of drug-likeness (QED) is 0.876.